The van der Waals surface area contributed by atoms with Crippen molar-refractivity contribution in [1.82, 2.24) is 4.72 Å². The minimum absolute atomic E-state index is 0.124. The van der Waals surface area contributed by atoms with E-state index in [0.717, 1.165) is 6.08 Å². The molecule has 0 atom stereocenters. The fraction of sp³-hybridized carbons (Fsp3) is 0.500. The standard InChI is InChI=1S/C10H13Cl2NO3S/c1-2-3-4-5-6-10(14)13-17(15,16)8-7-9(11)12/h1,7H,3-6,8H2,(H,13,14). The lowest BCUT2D eigenvalue weighted by atomic mass is 10.2. The Balaban J connectivity index is 4.03. The summed E-state index contributed by atoms with van der Waals surface area (Å²) in [5.74, 6) is 1.46. The van der Waals surface area contributed by atoms with Crippen molar-refractivity contribution in [1.29, 1.82) is 0 Å². The van der Waals surface area contributed by atoms with Gasteiger partial charge in [-0.1, -0.05) is 23.2 Å². The topological polar surface area (TPSA) is 63.2 Å². The molecule has 0 unspecified atom stereocenters. The van der Waals surface area contributed by atoms with Crippen LogP contribution in [0.3, 0.4) is 0 Å². The first-order valence-corrected chi connectivity index (χ1v) is 7.26. The van der Waals surface area contributed by atoms with Crippen LogP contribution in [0.2, 0.25) is 0 Å². The van der Waals surface area contributed by atoms with Gasteiger partial charge in [0.15, 0.2) is 0 Å². The van der Waals surface area contributed by atoms with E-state index in [1.54, 1.807) is 0 Å². The summed E-state index contributed by atoms with van der Waals surface area (Å²) in [6.45, 7) is 0. The highest BCUT2D eigenvalue weighted by molar-refractivity contribution is 7.90. The van der Waals surface area contributed by atoms with E-state index in [4.69, 9.17) is 29.6 Å². The molecule has 17 heavy (non-hydrogen) atoms. The molecule has 1 N–H and O–H groups in total. The Labute approximate surface area is 111 Å². The summed E-state index contributed by atoms with van der Waals surface area (Å²) in [5, 5.41) is 0. The molecule has 0 aliphatic heterocycles. The van der Waals surface area contributed by atoms with Gasteiger partial charge in [0.1, 0.15) is 4.49 Å². The van der Waals surface area contributed by atoms with E-state index in [0.29, 0.717) is 19.3 Å². The molecular formula is C10H13Cl2NO3S. The van der Waals surface area contributed by atoms with Gasteiger partial charge in [0, 0.05) is 12.8 Å². The molecule has 0 spiro atoms. The van der Waals surface area contributed by atoms with E-state index >= 15 is 0 Å². The molecule has 0 aromatic carbocycles. The molecule has 0 aromatic rings. The minimum atomic E-state index is -3.70. The third-order valence-electron chi connectivity index (χ3n) is 1.70. The summed E-state index contributed by atoms with van der Waals surface area (Å²) in [6, 6.07) is 0. The first-order valence-electron chi connectivity index (χ1n) is 4.85. The third-order valence-corrected chi connectivity index (χ3v) is 3.15. The van der Waals surface area contributed by atoms with Gasteiger partial charge in [0.25, 0.3) is 0 Å². The lowest BCUT2D eigenvalue weighted by Crippen LogP contribution is -2.31. The number of carbonyl (C=O) groups excluding carboxylic acids is 1. The molecule has 7 heteroatoms. The van der Waals surface area contributed by atoms with E-state index in [1.165, 1.54) is 0 Å². The second-order valence-electron chi connectivity index (χ2n) is 3.21. The van der Waals surface area contributed by atoms with Gasteiger partial charge in [0.2, 0.25) is 15.9 Å². The third kappa shape index (κ3) is 10.2. The predicted octanol–water partition coefficient (Wildman–Crippen LogP) is 1.95. The molecule has 0 fully saturated rings. The zero-order valence-electron chi connectivity index (χ0n) is 9.08. The number of unbranched alkanes of at least 4 members (excludes halogenated alkanes) is 2. The van der Waals surface area contributed by atoms with Crippen LogP contribution < -0.4 is 4.72 Å². The first kappa shape index (κ1) is 16.3. The van der Waals surface area contributed by atoms with Crippen LogP contribution >= 0.6 is 23.2 Å². The van der Waals surface area contributed by atoms with Crippen molar-refractivity contribution in [3.05, 3.63) is 10.6 Å². The molecule has 0 aliphatic carbocycles. The number of nitrogens with one attached hydrogen (secondary N) is 1. The highest BCUT2D eigenvalue weighted by Gasteiger charge is 2.12. The van der Waals surface area contributed by atoms with Gasteiger partial charge in [-0.2, -0.15) is 0 Å². The molecule has 0 saturated heterocycles. The number of hydrogen-bond acceptors (Lipinski definition) is 3. The van der Waals surface area contributed by atoms with Gasteiger partial charge < -0.3 is 0 Å². The average Bonchev–Trinajstić information content (AvgIpc) is 2.21. The largest absolute Gasteiger partial charge is 0.274 e. The van der Waals surface area contributed by atoms with Crippen LogP contribution in [0.1, 0.15) is 25.7 Å². The summed E-state index contributed by atoms with van der Waals surface area (Å²) in [6.07, 6.45) is 8.07. The van der Waals surface area contributed by atoms with Crippen LogP contribution in [0, 0.1) is 12.3 Å². The second kappa shape index (κ2) is 8.40. The number of hydrogen-bond donors (Lipinski definition) is 1. The number of halogens is 2. The smallest absolute Gasteiger partial charge is 0.238 e. The van der Waals surface area contributed by atoms with Crippen molar-refractivity contribution >= 4 is 39.1 Å². The zero-order valence-corrected chi connectivity index (χ0v) is 11.4. The summed E-state index contributed by atoms with van der Waals surface area (Å²) in [4.78, 5) is 11.2. The Hall–Kier alpha value is -0.700. The van der Waals surface area contributed by atoms with Crippen molar-refractivity contribution in [2.24, 2.45) is 0 Å². The molecule has 0 rings (SSSR count). The summed E-state index contributed by atoms with van der Waals surface area (Å²) in [7, 11) is -3.70. The molecule has 0 heterocycles. The van der Waals surface area contributed by atoms with Crippen molar-refractivity contribution in [2.45, 2.75) is 25.7 Å². The number of carbonyl (C=O) groups is 1. The highest BCUT2D eigenvalue weighted by atomic mass is 35.5. The summed E-state index contributed by atoms with van der Waals surface area (Å²) < 4.78 is 24.4. The molecule has 0 saturated carbocycles. The van der Waals surface area contributed by atoms with E-state index in [-0.39, 0.29) is 10.9 Å². The van der Waals surface area contributed by atoms with Crippen LogP contribution in [0.5, 0.6) is 0 Å². The maximum absolute atomic E-state index is 11.3. The Morgan fingerprint density at radius 2 is 2.00 bits per heavy atom. The highest BCUT2D eigenvalue weighted by Crippen LogP contribution is 2.06. The Morgan fingerprint density at radius 1 is 1.35 bits per heavy atom. The molecule has 4 nitrogen and oxygen atoms in total. The first-order chi connectivity index (χ1) is 7.87. The van der Waals surface area contributed by atoms with Gasteiger partial charge in [-0.05, 0) is 18.9 Å². The molecule has 0 aromatic heterocycles. The van der Waals surface area contributed by atoms with Gasteiger partial charge in [-0.15, -0.1) is 12.3 Å². The number of amides is 1. The monoisotopic (exact) mass is 297 g/mol. The Morgan fingerprint density at radius 3 is 2.53 bits per heavy atom. The summed E-state index contributed by atoms with van der Waals surface area (Å²) in [5.41, 5.74) is 0. The van der Waals surface area contributed by atoms with Crippen molar-refractivity contribution in [3.63, 3.8) is 0 Å². The van der Waals surface area contributed by atoms with Crippen LogP contribution in [-0.4, -0.2) is 20.1 Å². The lowest BCUT2D eigenvalue weighted by molar-refractivity contribution is -0.119. The fourth-order valence-corrected chi connectivity index (χ4v) is 2.21. The van der Waals surface area contributed by atoms with Gasteiger partial charge in [-0.3, -0.25) is 9.52 Å². The lowest BCUT2D eigenvalue weighted by Gasteiger charge is -2.04. The van der Waals surface area contributed by atoms with Gasteiger partial charge in [0.05, 0.1) is 5.75 Å². The van der Waals surface area contributed by atoms with E-state index in [9.17, 15) is 13.2 Å². The maximum Gasteiger partial charge on any atom is 0.238 e. The SMILES string of the molecule is C#CCCCCC(=O)NS(=O)(=O)CC=C(Cl)Cl. The van der Waals surface area contributed by atoms with Gasteiger partial charge >= 0.3 is 0 Å². The van der Waals surface area contributed by atoms with E-state index in [1.807, 2.05) is 4.72 Å². The zero-order chi connectivity index (χ0) is 13.3. The van der Waals surface area contributed by atoms with Gasteiger partial charge in [-0.25, -0.2) is 8.42 Å². The van der Waals surface area contributed by atoms with E-state index < -0.39 is 21.7 Å². The Bertz CT molecular complexity index is 419. The normalized spacial score (nSPS) is 10.4. The molecule has 0 aliphatic rings. The molecule has 0 bridgehead atoms. The van der Waals surface area contributed by atoms with Crippen molar-refractivity contribution in [2.75, 3.05) is 5.75 Å². The van der Waals surface area contributed by atoms with Crippen LogP contribution in [0.25, 0.3) is 0 Å². The quantitative estimate of drug-likeness (QED) is 0.577. The number of rotatable bonds is 7. The number of terminal acetylenes is 1. The second-order valence-corrected chi connectivity index (χ2v) is 5.99. The minimum Gasteiger partial charge on any atom is -0.274 e. The molecular weight excluding hydrogens is 285 g/mol. The summed E-state index contributed by atoms with van der Waals surface area (Å²) >= 11 is 10.5. The van der Waals surface area contributed by atoms with Crippen LogP contribution in [0.15, 0.2) is 10.6 Å². The Kier molecular flexibility index (Phi) is 8.05. The molecule has 96 valence electrons. The number of sulfonamides is 1. The average molecular weight is 298 g/mol. The van der Waals surface area contributed by atoms with E-state index in [2.05, 4.69) is 5.92 Å². The fourth-order valence-electron chi connectivity index (χ4n) is 0.951. The molecule has 0 radical (unpaired) electrons. The molecule has 1 amide bonds. The van der Waals surface area contributed by atoms with Crippen molar-refractivity contribution < 1.29 is 13.2 Å². The van der Waals surface area contributed by atoms with Crippen molar-refractivity contribution in [3.8, 4) is 12.3 Å². The maximum atomic E-state index is 11.3. The van der Waals surface area contributed by atoms with Crippen LogP contribution in [-0.2, 0) is 14.8 Å². The van der Waals surface area contributed by atoms with Crippen LogP contribution in [0.4, 0.5) is 0 Å². The predicted molar refractivity (Wildman–Crippen MR) is 69.0 cm³/mol.